The van der Waals surface area contributed by atoms with Crippen molar-refractivity contribution in [2.75, 3.05) is 0 Å². The molecule has 2 rings (SSSR count). The molecule has 1 fully saturated rings. The Kier molecular flexibility index (Phi) is 2.61. The molecule has 0 saturated heterocycles. The van der Waals surface area contributed by atoms with Crippen LogP contribution in [-0.4, -0.2) is 13.9 Å². The molecule has 0 aromatic rings. The predicted molar refractivity (Wildman–Crippen MR) is 58.8 cm³/mol. The number of alkyl halides is 3. The molecule has 0 unspecified atom stereocenters. The third-order valence-corrected chi connectivity index (χ3v) is 5.65. The van der Waals surface area contributed by atoms with Crippen molar-refractivity contribution in [3.63, 3.8) is 0 Å². The van der Waals surface area contributed by atoms with Gasteiger partial charge in [-0.05, 0) is 30.3 Å². The van der Waals surface area contributed by atoms with Crippen molar-refractivity contribution in [2.45, 2.75) is 39.1 Å². The maximum Gasteiger partial charge on any atom is 0.534 e. The first-order chi connectivity index (χ1) is 7.92. The minimum atomic E-state index is -5.56. The molecular weight excluding hydrogens is 269 g/mol. The van der Waals surface area contributed by atoms with Crippen molar-refractivity contribution in [3.8, 4) is 0 Å². The lowest BCUT2D eigenvalue weighted by molar-refractivity contribution is -0.0538. The molecule has 0 aromatic carbocycles. The van der Waals surface area contributed by atoms with Crippen molar-refractivity contribution >= 4 is 10.1 Å². The molecule has 2 aliphatic carbocycles. The summed E-state index contributed by atoms with van der Waals surface area (Å²) in [5.74, 6) is 0.0157. The van der Waals surface area contributed by atoms with Crippen molar-refractivity contribution in [1.82, 2.24) is 0 Å². The third kappa shape index (κ3) is 1.59. The van der Waals surface area contributed by atoms with Gasteiger partial charge in [0.05, 0.1) is 0 Å². The molecule has 7 heteroatoms. The molecular formula is C11H15F3O3S. The normalized spacial score (nSPS) is 34.6. The Balaban J connectivity index is 2.33. The van der Waals surface area contributed by atoms with E-state index in [1.165, 1.54) is 6.08 Å². The van der Waals surface area contributed by atoms with E-state index in [9.17, 15) is 21.6 Å². The number of halogens is 3. The van der Waals surface area contributed by atoms with E-state index in [-0.39, 0.29) is 17.1 Å². The molecule has 0 aromatic heterocycles. The minimum absolute atomic E-state index is 0.0546. The van der Waals surface area contributed by atoms with Gasteiger partial charge in [0.1, 0.15) is 5.76 Å². The Morgan fingerprint density at radius 2 is 1.89 bits per heavy atom. The smallest absolute Gasteiger partial charge is 0.380 e. The second-order valence-corrected chi connectivity index (χ2v) is 7.25. The maximum absolute atomic E-state index is 12.3. The lowest BCUT2D eigenvalue weighted by Gasteiger charge is -2.36. The largest absolute Gasteiger partial charge is 0.534 e. The molecule has 2 atom stereocenters. The summed E-state index contributed by atoms with van der Waals surface area (Å²) in [5.41, 5.74) is -6.30. The van der Waals surface area contributed by atoms with Crippen molar-refractivity contribution in [2.24, 2.45) is 16.7 Å². The number of allylic oxidation sites excluding steroid dienone is 2. The van der Waals surface area contributed by atoms with Crippen LogP contribution in [0.4, 0.5) is 13.2 Å². The summed E-state index contributed by atoms with van der Waals surface area (Å²) < 4.78 is 63.4. The molecule has 0 heterocycles. The minimum Gasteiger partial charge on any atom is -0.380 e. The van der Waals surface area contributed by atoms with Gasteiger partial charge in [0.2, 0.25) is 0 Å². The van der Waals surface area contributed by atoms with E-state index < -0.39 is 21.0 Å². The van der Waals surface area contributed by atoms with Gasteiger partial charge in [0, 0.05) is 5.41 Å². The highest BCUT2D eigenvalue weighted by molar-refractivity contribution is 7.87. The predicted octanol–water partition coefficient (Wildman–Crippen LogP) is 3.19. The summed E-state index contributed by atoms with van der Waals surface area (Å²) in [6.07, 6.45) is 3.03. The van der Waals surface area contributed by atoms with Gasteiger partial charge in [-0.1, -0.05) is 20.8 Å². The van der Waals surface area contributed by atoms with Gasteiger partial charge in [-0.2, -0.15) is 21.6 Å². The van der Waals surface area contributed by atoms with E-state index in [0.717, 1.165) is 6.42 Å². The second-order valence-electron chi connectivity index (χ2n) is 5.71. The van der Waals surface area contributed by atoms with Crippen molar-refractivity contribution in [3.05, 3.63) is 11.8 Å². The van der Waals surface area contributed by atoms with E-state index in [0.29, 0.717) is 6.42 Å². The van der Waals surface area contributed by atoms with Gasteiger partial charge < -0.3 is 4.18 Å². The van der Waals surface area contributed by atoms with Crippen LogP contribution in [0.3, 0.4) is 0 Å². The molecule has 2 bridgehead atoms. The zero-order chi connectivity index (χ0) is 14.0. The van der Waals surface area contributed by atoms with Crippen molar-refractivity contribution in [1.29, 1.82) is 0 Å². The van der Waals surface area contributed by atoms with E-state index in [4.69, 9.17) is 0 Å². The van der Waals surface area contributed by atoms with Gasteiger partial charge in [-0.15, -0.1) is 0 Å². The molecule has 0 N–H and O–H groups in total. The Bertz CT molecular complexity index is 504. The Labute approximate surface area is 104 Å². The van der Waals surface area contributed by atoms with Crippen LogP contribution in [0, 0.1) is 16.7 Å². The topological polar surface area (TPSA) is 43.4 Å². The van der Waals surface area contributed by atoms with Crippen LogP contribution in [0.5, 0.6) is 0 Å². The van der Waals surface area contributed by atoms with Gasteiger partial charge in [0.25, 0.3) is 0 Å². The summed E-state index contributed by atoms with van der Waals surface area (Å²) in [4.78, 5) is 0. The number of hydrogen-bond donors (Lipinski definition) is 0. The zero-order valence-electron chi connectivity index (χ0n) is 10.3. The number of fused-ring (bicyclic) bond motifs is 2. The van der Waals surface area contributed by atoms with Gasteiger partial charge in [0.15, 0.2) is 0 Å². The van der Waals surface area contributed by atoms with Crippen LogP contribution in [0.25, 0.3) is 0 Å². The highest BCUT2D eigenvalue weighted by Gasteiger charge is 2.61. The van der Waals surface area contributed by atoms with Gasteiger partial charge in [-0.3, -0.25) is 0 Å². The molecule has 104 valence electrons. The average Bonchev–Trinajstić information content (AvgIpc) is 2.48. The fourth-order valence-corrected chi connectivity index (χ4v) is 3.49. The van der Waals surface area contributed by atoms with Crippen LogP contribution in [0.15, 0.2) is 11.8 Å². The lowest BCUT2D eigenvalue weighted by Crippen LogP contribution is -2.34. The Morgan fingerprint density at radius 3 is 2.22 bits per heavy atom. The van der Waals surface area contributed by atoms with Crippen molar-refractivity contribution < 1.29 is 25.8 Å². The molecule has 0 spiro atoms. The summed E-state index contributed by atoms with van der Waals surface area (Å²) in [5, 5.41) is 0. The summed E-state index contributed by atoms with van der Waals surface area (Å²) in [7, 11) is -5.56. The maximum atomic E-state index is 12.3. The zero-order valence-corrected chi connectivity index (χ0v) is 11.2. The van der Waals surface area contributed by atoms with Crippen LogP contribution < -0.4 is 0 Å². The fourth-order valence-electron chi connectivity index (χ4n) is 2.92. The molecule has 18 heavy (non-hydrogen) atoms. The van der Waals surface area contributed by atoms with E-state index in [1.54, 1.807) is 6.92 Å². The SMILES string of the molecule is CC1(C)[C@H]2C=C(OS(=O)(=O)C(F)(F)F)[C@@]1(C)CC2. The molecule has 0 aliphatic heterocycles. The molecule has 1 saturated carbocycles. The number of rotatable bonds is 2. The fraction of sp³-hybridized carbons (Fsp3) is 0.818. The second kappa shape index (κ2) is 3.43. The van der Waals surface area contributed by atoms with Crippen LogP contribution in [-0.2, 0) is 14.3 Å². The average molecular weight is 284 g/mol. The van der Waals surface area contributed by atoms with Gasteiger partial charge >= 0.3 is 15.6 Å². The van der Waals surface area contributed by atoms with Gasteiger partial charge in [-0.25, -0.2) is 0 Å². The summed E-state index contributed by atoms with van der Waals surface area (Å²) >= 11 is 0. The Hall–Kier alpha value is -0.720. The summed E-state index contributed by atoms with van der Waals surface area (Å²) in [6.45, 7) is 5.62. The van der Waals surface area contributed by atoms with Crippen LogP contribution in [0.1, 0.15) is 33.6 Å². The quantitative estimate of drug-likeness (QED) is 0.577. The highest BCUT2D eigenvalue weighted by Crippen LogP contribution is 2.65. The molecule has 0 amide bonds. The molecule has 2 aliphatic rings. The van der Waals surface area contributed by atoms with E-state index >= 15 is 0 Å². The third-order valence-electron chi connectivity index (χ3n) is 4.68. The summed E-state index contributed by atoms with van der Waals surface area (Å²) in [6, 6.07) is 0. The molecule has 0 radical (unpaired) electrons. The first-order valence-corrected chi connectivity index (χ1v) is 7.06. The van der Waals surface area contributed by atoms with E-state index in [1.807, 2.05) is 13.8 Å². The standard InChI is InChI=1S/C11H15F3O3S/c1-9(2)7-4-5-10(9,3)8(6-7)17-18(15,16)11(12,13)14/h6-7H,4-5H2,1-3H3/t7-,10-/m1/s1. The Morgan fingerprint density at radius 1 is 1.33 bits per heavy atom. The van der Waals surface area contributed by atoms with Crippen LogP contribution >= 0.6 is 0 Å². The highest BCUT2D eigenvalue weighted by atomic mass is 32.2. The number of hydrogen-bond acceptors (Lipinski definition) is 3. The first kappa shape index (κ1) is 13.7. The van der Waals surface area contributed by atoms with E-state index in [2.05, 4.69) is 4.18 Å². The monoisotopic (exact) mass is 284 g/mol. The van der Waals surface area contributed by atoms with Crippen LogP contribution in [0.2, 0.25) is 0 Å². The lowest BCUT2D eigenvalue weighted by atomic mass is 9.70. The molecule has 3 nitrogen and oxygen atoms in total. The first-order valence-electron chi connectivity index (χ1n) is 5.65.